The van der Waals surface area contributed by atoms with Gasteiger partial charge in [0.1, 0.15) is 5.69 Å². The largest absolute Gasteiger partial charge is 0.378 e. The lowest BCUT2D eigenvalue weighted by atomic mass is 10.1. The van der Waals surface area contributed by atoms with E-state index in [9.17, 15) is 14.9 Å². The quantitative estimate of drug-likeness (QED) is 0.223. The number of non-ortho nitro benzene ring substituents is 1. The van der Waals surface area contributed by atoms with E-state index in [1.165, 1.54) is 24.3 Å². The summed E-state index contributed by atoms with van der Waals surface area (Å²) in [4.78, 5) is 23.4. The number of hydrogen-bond acceptors (Lipinski definition) is 10. The lowest BCUT2D eigenvalue weighted by molar-refractivity contribution is -0.384. The average molecular weight is 512 g/mol. The third kappa shape index (κ3) is 4.45. The Morgan fingerprint density at radius 2 is 1.88 bits per heavy atom. The van der Waals surface area contributed by atoms with Gasteiger partial charge in [-0.3, -0.25) is 14.9 Å². The summed E-state index contributed by atoms with van der Waals surface area (Å²) in [6.45, 7) is 1.74. The number of nitro groups is 1. The minimum absolute atomic E-state index is 0.00412. The molecule has 14 heteroatoms. The Balaban J connectivity index is 1.72. The number of aromatic nitrogens is 5. The van der Waals surface area contributed by atoms with Crippen molar-refractivity contribution in [2.75, 3.05) is 5.73 Å². The second-order valence-electron chi connectivity index (χ2n) is 6.62. The summed E-state index contributed by atoms with van der Waals surface area (Å²) in [6, 6.07) is 12.9. The second-order valence-corrected chi connectivity index (χ2v) is 7.54. The highest BCUT2D eigenvalue weighted by molar-refractivity contribution is 9.10. The number of amides is 1. The topological polar surface area (TPSA) is 180 Å². The standard InChI is InChI=1S/C19H14BrN9O4/c1-10(11-2-6-13(20)7-3-11)22-24-19(30)15-16(12-4-8-14(9-5-12)29(31)32)28(27-23-15)18-17(21)25-33-26-18/h2-9H,1H3,(H2,21,25)(H,24,30)/b22-10+. The number of rotatable bonds is 6. The van der Waals surface area contributed by atoms with Gasteiger partial charge in [-0.1, -0.05) is 33.3 Å². The maximum absolute atomic E-state index is 12.9. The maximum Gasteiger partial charge on any atom is 0.294 e. The number of hydrogen-bond donors (Lipinski definition) is 2. The van der Waals surface area contributed by atoms with Crippen LogP contribution in [0.5, 0.6) is 0 Å². The van der Waals surface area contributed by atoms with E-state index in [-0.39, 0.29) is 28.7 Å². The number of hydrazone groups is 1. The van der Waals surface area contributed by atoms with Gasteiger partial charge in [0.15, 0.2) is 5.69 Å². The summed E-state index contributed by atoms with van der Waals surface area (Å²) >= 11 is 3.36. The van der Waals surface area contributed by atoms with Crippen molar-refractivity contribution in [2.45, 2.75) is 6.92 Å². The van der Waals surface area contributed by atoms with Crippen LogP contribution in [0.3, 0.4) is 0 Å². The van der Waals surface area contributed by atoms with Crippen LogP contribution in [0.2, 0.25) is 0 Å². The van der Waals surface area contributed by atoms with E-state index in [1.54, 1.807) is 6.92 Å². The monoisotopic (exact) mass is 511 g/mol. The lowest BCUT2D eigenvalue weighted by Crippen LogP contribution is -2.21. The van der Waals surface area contributed by atoms with E-state index in [1.807, 2.05) is 24.3 Å². The Labute approximate surface area is 193 Å². The maximum atomic E-state index is 12.9. The predicted molar refractivity (Wildman–Crippen MR) is 120 cm³/mol. The van der Waals surface area contributed by atoms with Crippen LogP contribution in [-0.2, 0) is 0 Å². The van der Waals surface area contributed by atoms with Crippen LogP contribution in [0.25, 0.3) is 17.1 Å². The van der Waals surface area contributed by atoms with Gasteiger partial charge in [0.25, 0.3) is 11.6 Å². The molecule has 3 N–H and O–H groups in total. The molecule has 0 aliphatic rings. The molecule has 1 amide bonds. The van der Waals surface area contributed by atoms with Crippen molar-refractivity contribution >= 4 is 39.1 Å². The number of nitro benzene ring substituents is 1. The van der Waals surface area contributed by atoms with Gasteiger partial charge in [-0.05, 0) is 47.1 Å². The Morgan fingerprint density at radius 1 is 1.18 bits per heavy atom. The number of benzene rings is 2. The van der Waals surface area contributed by atoms with Gasteiger partial charge >= 0.3 is 0 Å². The SMILES string of the molecule is C/C(=N\NC(=O)c1nnn(-c2nonc2N)c1-c1ccc([N+](=O)[O-])cc1)c1ccc(Br)cc1. The average Bonchev–Trinajstić information content (AvgIpc) is 3.43. The highest BCUT2D eigenvalue weighted by Crippen LogP contribution is 2.28. The third-order valence-corrected chi connectivity index (χ3v) is 5.05. The van der Waals surface area contributed by atoms with Crippen molar-refractivity contribution in [3.63, 3.8) is 0 Å². The van der Waals surface area contributed by atoms with Crippen LogP contribution < -0.4 is 11.2 Å². The molecule has 2 aromatic heterocycles. The fraction of sp³-hybridized carbons (Fsp3) is 0.0526. The van der Waals surface area contributed by atoms with Crippen molar-refractivity contribution in [1.29, 1.82) is 0 Å². The summed E-state index contributed by atoms with van der Waals surface area (Å²) in [7, 11) is 0. The van der Waals surface area contributed by atoms with E-state index in [2.05, 4.69) is 51.7 Å². The number of carbonyl (C=O) groups excluding carboxylic acids is 1. The Hall–Kier alpha value is -4.46. The van der Waals surface area contributed by atoms with Gasteiger partial charge in [0.05, 0.1) is 10.6 Å². The first-order valence-corrected chi connectivity index (χ1v) is 10.0. The van der Waals surface area contributed by atoms with E-state index in [0.29, 0.717) is 11.3 Å². The number of nitrogens with zero attached hydrogens (tertiary/aromatic N) is 7. The van der Waals surface area contributed by atoms with Gasteiger partial charge in [0, 0.05) is 22.2 Å². The number of carbonyl (C=O) groups is 1. The fourth-order valence-electron chi connectivity index (χ4n) is 2.86. The zero-order chi connectivity index (χ0) is 23.5. The number of nitrogen functional groups attached to an aromatic ring is 1. The zero-order valence-electron chi connectivity index (χ0n) is 16.8. The zero-order valence-corrected chi connectivity index (χ0v) is 18.4. The highest BCUT2D eigenvalue weighted by Gasteiger charge is 2.25. The molecular weight excluding hydrogens is 498 g/mol. The van der Waals surface area contributed by atoms with Crippen LogP contribution in [0.15, 0.2) is 62.7 Å². The van der Waals surface area contributed by atoms with Gasteiger partial charge in [-0.25, -0.2) is 10.1 Å². The fourth-order valence-corrected chi connectivity index (χ4v) is 3.13. The van der Waals surface area contributed by atoms with Crippen molar-refractivity contribution in [1.82, 2.24) is 30.7 Å². The molecule has 0 aliphatic heterocycles. The molecule has 33 heavy (non-hydrogen) atoms. The summed E-state index contributed by atoms with van der Waals surface area (Å²) in [6.07, 6.45) is 0. The molecule has 0 saturated carbocycles. The summed E-state index contributed by atoms with van der Waals surface area (Å²) in [5, 5.41) is 30.2. The Kier molecular flexibility index (Phi) is 5.91. The molecule has 0 aliphatic carbocycles. The van der Waals surface area contributed by atoms with Crippen LogP contribution in [0.4, 0.5) is 11.5 Å². The van der Waals surface area contributed by atoms with Crippen LogP contribution >= 0.6 is 15.9 Å². The van der Waals surface area contributed by atoms with Gasteiger partial charge in [-0.2, -0.15) is 9.78 Å². The van der Waals surface area contributed by atoms with E-state index in [0.717, 1.165) is 14.7 Å². The molecule has 0 saturated heterocycles. The number of halogens is 1. The summed E-state index contributed by atoms with van der Waals surface area (Å²) < 4.78 is 6.69. The van der Waals surface area contributed by atoms with E-state index < -0.39 is 10.8 Å². The second kappa shape index (κ2) is 8.96. The normalized spacial score (nSPS) is 11.4. The molecule has 4 rings (SSSR count). The number of nitrogens with one attached hydrogen (secondary N) is 1. The highest BCUT2D eigenvalue weighted by atomic mass is 79.9. The first-order chi connectivity index (χ1) is 15.8. The number of nitrogens with two attached hydrogens (primary N) is 1. The van der Waals surface area contributed by atoms with Gasteiger partial charge < -0.3 is 5.73 Å². The smallest absolute Gasteiger partial charge is 0.294 e. The molecule has 0 bridgehead atoms. The molecule has 0 atom stereocenters. The molecule has 2 aromatic carbocycles. The van der Waals surface area contributed by atoms with Crippen LogP contribution in [0.1, 0.15) is 23.0 Å². The molecule has 0 spiro atoms. The van der Waals surface area contributed by atoms with E-state index >= 15 is 0 Å². The minimum Gasteiger partial charge on any atom is -0.378 e. The molecule has 2 heterocycles. The van der Waals surface area contributed by atoms with Gasteiger partial charge in [-0.15, -0.1) is 5.10 Å². The molecule has 4 aromatic rings. The van der Waals surface area contributed by atoms with Gasteiger partial charge in [0.2, 0.25) is 11.6 Å². The molecule has 0 radical (unpaired) electrons. The van der Waals surface area contributed by atoms with Crippen molar-refractivity contribution in [2.24, 2.45) is 5.10 Å². The predicted octanol–water partition coefficient (Wildman–Crippen LogP) is 2.72. The van der Waals surface area contributed by atoms with Crippen molar-refractivity contribution in [3.8, 4) is 17.1 Å². The molecule has 0 fully saturated rings. The van der Waals surface area contributed by atoms with Crippen molar-refractivity contribution < 1.29 is 14.3 Å². The number of anilines is 1. The molecule has 166 valence electrons. The molecule has 0 unspecified atom stereocenters. The first kappa shape index (κ1) is 21.8. The minimum atomic E-state index is -0.666. The first-order valence-electron chi connectivity index (χ1n) is 9.24. The molecular formula is C19H14BrN9O4. The third-order valence-electron chi connectivity index (χ3n) is 4.52. The lowest BCUT2D eigenvalue weighted by Gasteiger charge is -2.06. The van der Waals surface area contributed by atoms with Crippen LogP contribution in [0, 0.1) is 10.1 Å². The van der Waals surface area contributed by atoms with E-state index in [4.69, 9.17) is 5.73 Å². The molecule has 13 nitrogen and oxygen atoms in total. The van der Waals surface area contributed by atoms with Crippen molar-refractivity contribution in [3.05, 3.63) is 74.4 Å². The van der Waals surface area contributed by atoms with Crippen LogP contribution in [-0.4, -0.2) is 41.8 Å². The Bertz CT molecular complexity index is 1360. The Morgan fingerprint density at radius 3 is 2.48 bits per heavy atom. The summed E-state index contributed by atoms with van der Waals surface area (Å²) in [5.41, 5.74) is 9.91. The summed E-state index contributed by atoms with van der Waals surface area (Å²) in [5.74, 6) is -0.746.